The molecule has 1 aromatic heterocycles. The number of halogens is 3. The summed E-state index contributed by atoms with van der Waals surface area (Å²) in [5, 5.41) is 3.05. The molecule has 1 aromatic carbocycles. The minimum Gasteiger partial charge on any atom is -0.493 e. The monoisotopic (exact) mass is 693 g/mol. The first-order valence-electron chi connectivity index (χ1n) is 16.5. The van der Waals surface area contributed by atoms with E-state index in [1.54, 1.807) is 46.1 Å². The summed E-state index contributed by atoms with van der Waals surface area (Å²) in [5.74, 6) is -1.50. The van der Waals surface area contributed by atoms with Gasteiger partial charge in [0.15, 0.2) is 17.2 Å². The number of ether oxygens (including phenoxy) is 5. The van der Waals surface area contributed by atoms with Crippen molar-refractivity contribution < 1.29 is 51.2 Å². The molecule has 0 bridgehead atoms. The maximum atomic E-state index is 14.5. The van der Waals surface area contributed by atoms with Gasteiger partial charge >= 0.3 is 18.2 Å². The van der Waals surface area contributed by atoms with E-state index in [-0.39, 0.29) is 36.8 Å². The van der Waals surface area contributed by atoms with Crippen LogP contribution in [0.25, 0.3) is 10.9 Å². The lowest BCUT2D eigenvalue weighted by Crippen LogP contribution is -2.75. The Morgan fingerprint density at radius 3 is 2.55 bits per heavy atom. The topological polar surface area (TPSA) is 126 Å². The normalized spacial score (nSPS) is 19.3. The molecule has 0 unspecified atom stereocenters. The standard InChI is InChI=1S/C35H46F3N3O8/c1-7-8-9-10-11-13-26(40-32(44)49-33(2,3)4)30(42)41-27(31(43)46-6)21-34(41)17-16-23-24-20-22(47-19-12-18-45-5)14-15-25(24)39-29(28(23)48-34)35(36,37)38/h7,14-15,20,26-27H,1,8-13,16-19,21H2,2-6H3,(H,40,44)/t26-,27-,34+/m0/s1. The van der Waals surface area contributed by atoms with Crippen LogP contribution in [0.2, 0.25) is 0 Å². The number of amides is 2. The number of aromatic nitrogens is 1. The van der Waals surface area contributed by atoms with Crippen molar-refractivity contribution in [2.75, 3.05) is 27.4 Å². The number of pyridine rings is 1. The number of nitrogens with zero attached hydrogens (tertiary/aromatic N) is 2. The number of likely N-dealkylation sites (tertiary alicyclic amines) is 1. The molecule has 270 valence electrons. The maximum absolute atomic E-state index is 14.5. The van der Waals surface area contributed by atoms with Gasteiger partial charge in [-0.05, 0) is 64.7 Å². The van der Waals surface area contributed by atoms with Crippen molar-refractivity contribution in [1.82, 2.24) is 15.2 Å². The van der Waals surface area contributed by atoms with Gasteiger partial charge in [-0.15, -0.1) is 6.58 Å². The first-order chi connectivity index (χ1) is 23.1. The number of rotatable bonds is 14. The van der Waals surface area contributed by atoms with Crippen LogP contribution in [-0.2, 0) is 36.4 Å². The van der Waals surface area contributed by atoms with Crippen molar-refractivity contribution in [3.63, 3.8) is 0 Å². The third-order valence-electron chi connectivity index (χ3n) is 8.47. The molecule has 2 aliphatic rings. The highest BCUT2D eigenvalue weighted by Crippen LogP contribution is 2.51. The lowest BCUT2D eigenvalue weighted by Gasteiger charge is -2.58. The minimum atomic E-state index is -4.89. The Bertz CT molecular complexity index is 1530. The molecular formula is C35H46F3N3O8. The molecule has 2 aliphatic heterocycles. The van der Waals surface area contributed by atoms with Gasteiger partial charge < -0.3 is 29.0 Å². The largest absolute Gasteiger partial charge is 0.493 e. The van der Waals surface area contributed by atoms with Crippen LogP contribution >= 0.6 is 0 Å². The second-order valence-corrected chi connectivity index (χ2v) is 13.3. The molecule has 14 heteroatoms. The number of hydrogen-bond acceptors (Lipinski definition) is 9. The third kappa shape index (κ3) is 8.94. The molecule has 0 aliphatic carbocycles. The summed E-state index contributed by atoms with van der Waals surface area (Å²) in [6.45, 7) is 9.58. The van der Waals surface area contributed by atoms with E-state index in [1.165, 1.54) is 6.07 Å². The number of alkyl carbamates (subject to hydrolysis) is 1. The molecule has 3 atom stereocenters. The number of hydrogen-bond donors (Lipinski definition) is 1. The van der Waals surface area contributed by atoms with E-state index in [9.17, 15) is 27.6 Å². The van der Waals surface area contributed by atoms with Crippen LogP contribution in [0.4, 0.5) is 18.0 Å². The van der Waals surface area contributed by atoms with E-state index < -0.39 is 59.0 Å². The average molecular weight is 694 g/mol. The smallest absolute Gasteiger partial charge is 0.437 e. The number of unbranched alkanes of at least 4 members (excludes halogenated alkanes) is 3. The zero-order chi connectivity index (χ0) is 36.0. The van der Waals surface area contributed by atoms with Gasteiger partial charge in [-0.2, -0.15) is 13.2 Å². The van der Waals surface area contributed by atoms with Gasteiger partial charge in [0.05, 0.1) is 19.2 Å². The molecule has 1 fully saturated rings. The van der Waals surface area contributed by atoms with Gasteiger partial charge in [0, 0.05) is 43.9 Å². The van der Waals surface area contributed by atoms with Gasteiger partial charge in [0.1, 0.15) is 23.4 Å². The number of nitrogens with one attached hydrogen (secondary N) is 1. The number of allylic oxidation sites excluding steroid dienone is 1. The number of carbonyl (C=O) groups excluding carboxylic acids is 3. The molecule has 2 aromatic rings. The van der Waals surface area contributed by atoms with Crippen LogP contribution in [-0.4, -0.2) is 78.7 Å². The van der Waals surface area contributed by atoms with Crippen LogP contribution in [0.5, 0.6) is 11.5 Å². The molecule has 4 rings (SSSR count). The lowest BCUT2D eigenvalue weighted by molar-refractivity contribution is -0.222. The second kappa shape index (κ2) is 15.6. The van der Waals surface area contributed by atoms with E-state index in [2.05, 4.69) is 16.9 Å². The molecule has 0 saturated carbocycles. The van der Waals surface area contributed by atoms with Crippen LogP contribution in [0, 0.1) is 0 Å². The Morgan fingerprint density at radius 1 is 1.14 bits per heavy atom. The Kier molecular flexibility index (Phi) is 12.1. The number of alkyl halides is 3. The predicted octanol–water partition coefficient (Wildman–Crippen LogP) is 6.49. The summed E-state index contributed by atoms with van der Waals surface area (Å²) in [7, 11) is 2.74. The molecule has 49 heavy (non-hydrogen) atoms. The van der Waals surface area contributed by atoms with Crippen LogP contribution < -0.4 is 14.8 Å². The number of aryl methyl sites for hydroxylation is 1. The second-order valence-electron chi connectivity index (χ2n) is 13.3. The fourth-order valence-electron chi connectivity index (χ4n) is 6.23. The van der Waals surface area contributed by atoms with Crippen LogP contribution in [0.15, 0.2) is 30.9 Å². The van der Waals surface area contributed by atoms with Crippen molar-refractivity contribution in [3.05, 3.63) is 42.1 Å². The minimum absolute atomic E-state index is 0.0764. The maximum Gasteiger partial charge on any atom is 0.437 e. The Labute approximate surface area is 284 Å². The molecule has 3 heterocycles. The highest BCUT2D eigenvalue weighted by Gasteiger charge is 2.62. The van der Waals surface area contributed by atoms with Crippen molar-refractivity contribution >= 4 is 28.9 Å². The average Bonchev–Trinajstić information content (AvgIpc) is 3.02. The van der Waals surface area contributed by atoms with E-state index in [0.717, 1.165) is 31.3 Å². The summed E-state index contributed by atoms with van der Waals surface area (Å²) in [5.41, 5.74) is -3.33. The van der Waals surface area contributed by atoms with Gasteiger partial charge in [-0.25, -0.2) is 14.6 Å². The molecule has 1 saturated heterocycles. The molecule has 11 nitrogen and oxygen atoms in total. The quantitative estimate of drug-likeness (QED) is 0.134. The van der Waals surface area contributed by atoms with E-state index in [4.69, 9.17) is 23.7 Å². The predicted molar refractivity (Wildman–Crippen MR) is 174 cm³/mol. The molecule has 2 amide bonds. The number of methoxy groups -OCH3 is 2. The van der Waals surface area contributed by atoms with Crippen LogP contribution in [0.1, 0.15) is 83.4 Å². The zero-order valence-electron chi connectivity index (χ0n) is 28.7. The van der Waals surface area contributed by atoms with Crippen LogP contribution in [0.3, 0.4) is 0 Å². The zero-order valence-corrected chi connectivity index (χ0v) is 28.7. The van der Waals surface area contributed by atoms with Gasteiger partial charge in [-0.3, -0.25) is 9.69 Å². The Morgan fingerprint density at radius 2 is 1.90 bits per heavy atom. The summed E-state index contributed by atoms with van der Waals surface area (Å²) < 4.78 is 71.1. The third-order valence-corrected chi connectivity index (χ3v) is 8.47. The fourth-order valence-corrected chi connectivity index (χ4v) is 6.23. The van der Waals surface area contributed by atoms with Gasteiger partial charge in [0.2, 0.25) is 5.91 Å². The van der Waals surface area contributed by atoms with Crippen molar-refractivity contribution in [2.45, 2.75) is 108 Å². The fraction of sp³-hybridized carbons (Fsp3) is 0.600. The molecule has 1 spiro atoms. The number of esters is 1. The first kappa shape index (κ1) is 37.7. The van der Waals surface area contributed by atoms with E-state index in [1.807, 2.05) is 0 Å². The van der Waals surface area contributed by atoms with E-state index >= 15 is 0 Å². The molecule has 0 radical (unpaired) electrons. The number of benzene rings is 1. The van der Waals surface area contributed by atoms with Gasteiger partial charge in [0.25, 0.3) is 0 Å². The first-order valence-corrected chi connectivity index (χ1v) is 16.5. The lowest BCUT2D eigenvalue weighted by atomic mass is 9.80. The Balaban J connectivity index is 1.72. The number of carbonyl (C=O) groups is 3. The highest BCUT2D eigenvalue weighted by molar-refractivity contribution is 5.92. The van der Waals surface area contributed by atoms with Crippen molar-refractivity contribution in [1.29, 1.82) is 0 Å². The molecular weight excluding hydrogens is 647 g/mol. The Hall–Kier alpha value is -4.07. The SMILES string of the molecule is C=CCCCCC[C@H](NC(=O)OC(C)(C)C)C(=O)N1[C@H](C(=O)OC)C[C@]12CCc1c(c(C(F)(F)F)nc3ccc(OCCCOC)cc13)O2. The number of fused-ring (bicyclic) bond motifs is 3. The summed E-state index contributed by atoms with van der Waals surface area (Å²) >= 11 is 0. The van der Waals surface area contributed by atoms with E-state index in [0.29, 0.717) is 37.2 Å². The van der Waals surface area contributed by atoms with Crippen molar-refractivity contribution in [2.24, 2.45) is 0 Å². The summed E-state index contributed by atoms with van der Waals surface area (Å²) in [6.07, 6.45) is -0.230. The summed E-state index contributed by atoms with van der Waals surface area (Å²) in [4.78, 5) is 45.2. The highest BCUT2D eigenvalue weighted by atomic mass is 19.4. The molecule has 1 N–H and O–H groups in total. The van der Waals surface area contributed by atoms with Crippen molar-refractivity contribution in [3.8, 4) is 11.5 Å². The summed E-state index contributed by atoms with van der Waals surface area (Å²) in [6, 6.07) is 2.36. The van der Waals surface area contributed by atoms with Gasteiger partial charge in [-0.1, -0.05) is 18.9 Å².